The Hall–Kier alpha value is -4.59. The first-order valence-corrected chi connectivity index (χ1v) is 10.7. The molecular formula is C26H22N4O4. The quantitative estimate of drug-likeness (QED) is 0.420. The normalized spacial score (nSPS) is 11.0. The number of carbonyl (C=O) groups is 1. The molecule has 0 unspecified atom stereocenters. The first kappa shape index (κ1) is 21.3. The number of anilines is 1. The lowest BCUT2D eigenvalue weighted by Gasteiger charge is -2.09. The molecule has 2 heterocycles. The Morgan fingerprint density at radius 1 is 0.882 bits per heavy atom. The van der Waals surface area contributed by atoms with Gasteiger partial charge in [0.05, 0.1) is 30.9 Å². The molecule has 0 saturated carbocycles. The second kappa shape index (κ2) is 8.74. The van der Waals surface area contributed by atoms with Crippen molar-refractivity contribution in [1.29, 1.82) is 0 Å². The van der Waals surface area contributed by atoms with Crippen LogP contribution in [0.5, 0.6) is 11.5 Å². The molecule has 5 aromatic rings. The molecule has 170 valence electrons. The number of benzene rings is 3. The molecule has 0 atom stereocenters. The number of methoxy groups -OCH3 is 2. The number of nitrogens with one attached hydrogen (secondary N) is 1. The number of carbonyl (C=O) groups excluding carboxylic acids is 1. The maximum atomic E-state index is 13.2. The van der Waals surface area contributed by atoms with Gasteiger partial charge in [0.2, 0.25) is 11.7 Å². The molecule has 2 aromatic heterocycles. The van der Waals surface area contributed by atoms with E-state index in [0.29, 0.717) is 34.2 Å². The molecule has 1 N–H and O–H groups in total. The van der Waals surface area contributed by atoms with Crippen LogP contribution in [-0.4, -0.2) is 34.1 Å². The van der Waals surface area contributed by atoms with Crippen molar-refractivity contribution in [2.75, 3.05) is 19.5 Å². The van der Waals surface area contributed by atoms with Crippen LogP contribution in [0.25, 0.3) is 28.1 Å². The fraction of sp³-hybridized carbons (Fsp3) is 0.115. The second-order valence-electron chi connectivity index (χ2n) is 7.70. The molecule has 8 heteroatoms. The van der Waals surface area contributed by atoms with E-state index in [2.05, 4.69) is 5.32 Å². The van der Waals surface area contributed by atoms with E-state index in [9.17, 15) is 9.59 Å². The second-order valence-corrected chi connectivity index (χ2v) is 7.70. The third kappa shape index (κ3) is 3.86. The summed E-state index contributed by atoms with van der Waals surface area (Å²) in [5, 5.41) is 2.89. The smallest absolute Gasteiger partial charge is 0.260 e. The Balaban J connectivity index is 1.59. The van der Waals surface area contributed by atoms with Gasteiger partial charge in [-0.2, -0.15) is 0 Å². The molecule has 1 amide bonds. The minimum atomic E-state index is -0.241. The fourth-order valence-electron chi connectivity index (χ4n) is 3.97. The lowest BCUT2D eigenvalue weighted by Crippen LogP contribution is -2.20. The summed E-state index contributed by atoms with van der Waals surface area (Å²) in [6.07, 6.45) is 0. The average molecular weight is 454 g/mol. The van der Waals surface area contributed by atoms with Crippen molar-refractivity contribution >= 4 is 28.4 Å². The Bertz CT molecular complexity index is 1570. The summed E-state index contributed by atoms with van der Waals surface area (Å²) in [6.45, 7) is -0.0168. The van der Waals surface area contributed by atoms with E-state index >= 15 is 0 Å². The van der Waals surface area contributed by atoms with Crippen LogP contribution in [0.4, 0.5) is 5.69 Å². The topological polar surface area (TPSA) is 86.9 Å². The molecule has 0 saturated heterocycles. The highest BCUT2D eigenvalue weighted by molar-refractivity contribution is 5.92. The number of aromatic nitrogens is 3. The van der Waals surface area contributed by atoms with Crippen LogP contribution in [0.3, 0.4) is 0 Å². The van der Waals surface area contributed by atoms with Crippen LogP contribution in [0, 0.1) is 0 Å². The molecular weight excluding hydrogens is 432 g/mol. The number of hydrogen-bond acceptors (Lipinski definition) is 5. The lowest BCUT2D eigenvalue weighted by molar-refractivity contribution is -0.116. The summed E-state index contributed by atoms with van der Waals surface area (Å²) in [5.41, 5.74) is 3.09. The largest absolute Gasteiger partial charge is 0.497 e. The van der Waals surface area contributed by atoms with Gasteiger partial charge in [0.1, 0.15) is 18.0 Å². The number of nitrogens with zero attached hydrogens (tertiary/aromatic N) is 3. The summed E-state index contributed by atoms with van der Waals surface area (Å²) in [7, 11) is 3.18. The summed E-state index contributed by atoms with van der Waals surface area (Å²) in [6, 6.07) is 23.4. The highest BCUT2D eigenvalue weighted by Gasteiger charge is 2.17. The fourth-order valence-corrected chi connectivity index (χ4v) is 3.97. The van der Waals surface area contributed by atoms with Crippen molar-refractivity contribution in [2.45, 2.75) is 6.54 Å². The molecule has 0 aliphatic heterocycles. The number of rotatable bonds is 6. The molecule has 8 nitrogen and oxygen atoms in total. The molecule has 0 fully saturated rings. The van der Waals surface area contributed by atoms with Crippen molar-refractivity contribution in [3.63, 3.8) is 0 Å². The number of para-hydroxylation sites is 2. The van der Waals surface area contributed by atoms with Gasteiger partial charge in [-0.3, -0.25) is 9.59 Å². The number of amides is 1. The zero-order chi connectivity index (χ0) is 23.7. The highest BCUT2D eigenvalue weighted by Crippen LogP contribution is 2.24. The summed E-state index contributed by atoms with van der Waals surface area (Å²) in [4.78, 5) is 30.9. The SMILES string of the molecule is COc1ccc(NC(=O)Cn2c3ccccc3n3c(=O)cc(-c4cccc(OC)c4)nc23)cc1. The maximum Gasteiger partial charge on any atom is 0.260 e. The van der Waals surface area contributed by atoms with Gasteiger partial charge in [-0.05, 0) is 48.5 Å². The van der Waals surface area contributed by atoms with Crippen molar-refractivity contribution in [2.24, 2.45) is 0 Å². The van der Waals surface area contributed by atoms with Gasteiger partial charge in [0.25, 0.3) is 5.56 Å². The number of imidazole rings is 1. The third-order valence-corrected chi connectivity index (χ3v) is 5.60. The molecule has 3 aromatic carbocycles. The van der Waals surface area contributed by atoms with E-state index in [-0.39, 0.29) is 18.0 Å². The number of ether oxygens (including phenoxy) is 2. The predicted molar refractivity (Wildman–Crippen MR) is 131 cm³/mol. The van der Waals surface area contributed by atoms with Crippen LogP contribution in [0.15, 0.2) is 83.7 Å². The van der Waals surface area contributed by atoms with Crippen LogP contribution in [0.1, 0.15) is 0 Å². The van der Waals surface area contributed by atoms with Crippen LogP contribution in [-0.2, 0) is 11.3 Å². The van der Waals surface area contributed by atoms with Gasteiger partial charge in [0, 0.05) is 17.3 Å². The van der Waals surface area contributed by atoms with Crippen molar-refractivity contribution in [1.82, 2.24) is 14.0 Å². The molecule has 0 aliphatic rings. The third-order valence-electron chi connectivity index (χ3n) is 5.60. The lowest BCUT2D eigenvalue weighted by atomic mass is 10.1. The summed E-state index contributed by atoms with van der Waals surface area (Å²) < 4.78 is 13.8. The molecule has 0 bridgehead atoms. The molecule has 0 radical (unpaired) electrons. The molecule has 5 rings (SSSR count). The number of hydrogen-bond donors (Lipinski definition) is 1. The van der Waals surface area contributed by atoms with Gasteiger partial charge in [0.15, 0.2) is 0 Å². The van der Waals surface area contributed by atoms with E-state index < -0.39 is 0 Å². The number of fused-ring (bicyclic) bond motifs is 3. The minimum Gasteiger partial charge on any atom is -0.497 e. The monoisotopic (exact) mass is 454 g/mol. The van der Waals surface area contributed by atoms with Crippen LogP contribution >= 0.6 is 0 Å². The molecule has 34 heavy (non-hydrogen) atoms. The average Bonchev–Trinajstić information content (AvgIpc) is 3.18. The summed E-state index contributed by atoms with van der Waals surface area (Å²) >= 11 is 0. The molecule has 0 spiro atoms. The van der Waals surface area contributed by atoms with E-state index in [1.807, 2.05) is 48.5 Å². The standard InChI is InChI=1S/C26H22N4O4/c1-33-19-12-10-18(11-13-19)27-24(31)16-29-22-8-3-4-9-23(22)30-25(32)15-21(28-26(29)30)17-6-5-7-20(14-17)34-2/h3-15H,16H2,1-2H3,(H,27,31). The summed E-state index contributed by atoms with van der Waals surface area (Å²) in [5.74, 6) is 1.51. The van der Waals surface area contributed by atoms with Crippen LogP contribution in [0.2, 0.25) is 0 Å². The van der Waals surface area contributed by atoms with E-state index in [0.717, 1.165) is 11.1 Å². The van der Waals surface area contributed by atoms with Gasteiger partial charge in [-0.15, -0.1) is 0 Å². The molecule has 0 aliphatic carbocycles. The zero-order valence-corrected chi connectivity index (χ0v) is 18.7. The first-order valence-electron chi connectivity index (χ1n) is 10.7. The van der Waals surface area contributed by atoms with Crippen molar-refractivity contribution < 1.29 is 14.3 Å². The Morgan fingerprint density at radius 3 is 2.35 bits per heavy atom. The Morgan fingerprint density at radius 2 is 1.62 bits per heavy atom. The van der Waals surface area contributed by atoms with Crippen molar-refractivity contribution in [3.8, 4) is 22.8 Å². The zero-order valence-electron chi connectivity index (χ0n) is 18.7. The minimum absolute atomic E-state index is 0.0168. The van der Waals surface area contributed by atoms with E-state index in [1.165, 1.54) is 10.5 Å². The Kier molecular flexibility index (Phi) is 5.47. The van der Waals surface area contributed by atoms with Gasteiger partial charge in [-0.1, -0.05) is 24.3 Å². The van der Waals surface area contributed by atoms with Gasteiger partial charge >= 0.3 is 0 Å². The maximum absolute atomic E-state index is 13.2. The Labute approximate surface area is 195 Å². The van der Waals surface area contributed by atoms with E-state index in [4.69, 9.17) is 14.5 Å². The first-order chi connectivity index (χ1) is 16.6. The highest BCUT2D eigenvalue weighted by atomic mass is 16.5. The van der Waals surface area contributed by atoms with Gasteiger partial charge < -0.3 is 19.4 Å². The van der Waals surface area contributed by atoms with E-state index in [1.54, 1.807) is 43.1 Å². The van der Waals surface area contributed by atoms with Crippen LogP contribution < -0.4 is 20.3 Å². The predicted octanol–water partition coefficient (Wildman–Crippen LogP) is 3.97. The van der Waals surface area contributed by atoms with Crippen molar-refractivity contribution in [3.05, 3.63) is 89.2 Å². The van der Waals surface area contributed by atoms with Gasteiger partial charge in [-0.25, -0.2) is 9.38 Å².